The van der Waals surface area contributed by atoms with Gasteiger partial charge in [0.05, 0.1) is 6.54 Å². The average Bonchev–Trinajstić information content (AvgIpc) is 3.19. The standard InChI is InChI=1S/C26H46N4O3/c1-25(2,3)33-24(32)27-21-9-14-28(15-10-21)19-23(31)30-18-13-26(20-30)11-16-29(17-12-26)22-7-5-4-6-8-22/h21-22H,4-20H2,1-3H3,(H,27,32). The molecule has 2 amide bonds. The van der Waals surface area contributed by atoms with Crippen LogP contribution in [0, 0.1) is 5.41 Å². The fraction of sp³-hybridized carbons (Fsp3) is 0.923. The third-order valence-electron chi connectivity index (χ3n) is 8.41. The Morgan fingerprint density at radius 3 is 2.18 bits per heavy atom. The Balaban J connectivity index is 1.16. The second kappa shape index (κ2) is 10.5. The van der Waals surface area contributed by atoms with Gasteiger partial charge in [0.25, 0.3) is 0 Å². The molecule has 4 rings (SSSR count). The summed E-state index contributed by atoms with van der Waals surface area (Å²) in [6, 6.07) is 0.957. The van der Waals surface area contributed by atoms with E-state index in [4.69, 9.17) is 4.74 Å². The maximum Gasteiger partial charge on any atom is 0.407 e. The molecule has 0 atom stereocenters. The molecule has 0 aromatic heterocycles. The first kappa shape index (κ1) is 24.8. The van der Waals surface area contributed by atoms with E-state index in [9.17, 15) is 9.59 Å². The highest BCUT2D eigenvalue weighted by Gasteiger charge is 2.43. The van der Waals surface area contributed by atoms with Crippen LogP contribution in [0.4, 0.5) is 4.79 Å². The highest BCUT2D eigenvalue weighted by molar-refractivity contribution is 5.78. The summed E-state index contributed by atoms with van der Waals surface area (Å²) in [5, 5.41) is 2.98. The Morgan fingerprint density at radius 2 is 1.55 bits per heavy atom. The van der Waals surface area contributed by atoms with Crippen molar-refractivity contribution < 1.29 is 14.3 Å². The van der Waals surface area contributed by atoms with Gasteiger partial charge in [-0.1, -0.05) is 19.3 Å². The highest BCUT2D eigenvalue weighted by Crippen LogP contribution is 2.41. The first-order valence-electron chi connectivity index (χ1n) is 13.5. The van der Waals surface area contributed by atoms with Gasteiger partial charge in [-0.3, -0.25) is 9.69 Å². The summed E-state index contributed by atoms with van der Waals surface area (Å²) in [5.41, 5.74) is -0.109. The maximum absolute atomic E-state index is 13.1. The van der Waals surface area contributed by atoms with Crippen LogP contribution < -0.4 is 5.32 Å². The Kier molecular flexibility index (Phi) is 7.89. The van der Waals surface area contributed by atoms with Crippen LogP contribution >= 0.6 is 0 Å². The van der Waals surface area contributed by atoms with Crippen molar-refractivity contribution in [1.29, 1.82) is 0 Å². The maximum atomic E-state index is 13.1. The van der Waals surface area contributed by atoms with Gasteiger partial charge in [-0.05, 0) is 84.2 Å². The second-order valence-electron chi connectivity index (χ2n) is 12.1. The van der Waals surface area contributed by atoms with Crippen LogP contribution in [0.3, 0.4) is 0 Å². The van der Waals surface area contributed by atoms with Gasteiger partial charge in [-0.2, -0.15) is 0 Å². The van der Waals surface area contributed by atoms with Gasteiger partial charge < -0.3 is 19.9 Å². The lowest BCUT2D eigenvalue weighted by atomic mass is 9.77. The smallest absolute Gasteiger partial charge is 0.407 e. The lowest BCUT2D eigenvalue weighted by Gasteiger charge is -2.43. The molecule has 188 valence electrons. The van der Waals surface area contributed by atoms with Gasteiger partial charge >= 0.3 is 6.09 Å². The molecular weight excluding hydrogens is 416 g/mol. The largest absolute Gasteiger partial charge is 0.444 e. The molecule has 1 N–H and O–H groups in total. The first-order valence-corrected chi connectivity index (χ1v) is 13.5. The monoisotopic (exact) mass is 462 g/mol. The summed E-state index contributed by atoms with van der Waals surface area (Å²) in [7, 11) is 0. The normalized spacial score (nSPS) is 26.0. The van der Waals surface area contributed by atoms with Crippen molar-refractivity contribution in [3.05, 3.63) is 0 Å². The number of likely N-dealkylation sites (tertiary alicyclic amines) is 3. The van der Waals surface area contributed by atoms with Crippen molar-refractivity contribution in [1.82, 2.24) is 20.0 Å². The van der Waals surface area contributed by atoms with Crippen molar-refractivity contribution in [3.8, 4) is 0 Å². The summed E-state index contributed by atoms with van der Waals surface area (Å²) in [5.74, 6) is 0.292. The molecule has 1 aliphatic carbocycles. The number of amides is 2. The zero-order valence-electron chi connectivity index (χ0n) is 21.2. The minimum atomic E-state index is -0.475. The molecule has 1 spiro atoms. The van der Waals surface area contributed by atoms with Crippen LogP contribution in [0.25, 0.3) is 0 Å². The number of carbonyl (C=O) groups is 2. The van der Waals surface area contributed by atoms with Crippen molar-refractivity contribution in [2.24, 2.45) is 5.41 Å². The van der Waals surface area contributed by atoms with Gasteiger partial charge in [0.15, 0.2) is 0 Å². The molecule has 3 aliphatic heterocycles. The molecule has 33 heavy (non-hydrogen) atoms. The Morgan fingerprint density at radius 1 is 0.909 bits per heavy atom. The van der Waals surface area contributed by atoms with Gasteiger partial charge in [-0.25, -0.2) is 4.79 Å². The minimum absolute atomic E-state index is 0.135. The number of hydrogen-bond donors (Lipinski definition) is 1. The van der Waals surface area contributed by atoms with Crippen LogP contribution in [0.15, 0.2) is 0 Å². The molecule has 7 heteroatoms. The number of nitrogens with one attached hydrogen (secondary N) is 1. The quantitative estimate of drug-likeness (QED) is 0.691. The van der Waals surface area contributed by atoms with E-state index in [0.29, 0.717) is 17.9 Å². The van der Waals surface area contributed by atoms with Gasteiger partial charge in [-0.15, -0.1) is 0 Å². The third-order valence-corrected chi connectivity index (χ3v) is 8.41. The molecular formula is C26H46N4O3. The fourth-order valence-corrected chi connectivity index (χ4v) is 6.37. The molecule has 0 radical (unpaired) electrons. The number of ether oxygens (including phenoxy) is 1. The SMILES string of the molecule is CC(C)(C)OC(=O)NC1CCN(CC(=O)N2CCC3(CCN(C4CCCCC4)CC3)C2)CC1. The molecule has 7 nitrogen and oxygen atoms in total. The molecule has 4 fully saturated rings. The Bertz CT molecular complexity index is 670. The molecule has 0 aromatic rings. The number of carbonyl (C=O) groups excluding carboxylic acids is 2. The topological polar surface area (TPSA) is 65.1 Å². The number of alkyl carbamates (subject to hydrolysis) is 1. The molecule has 4 aliphatic rings. The van der Waals surface area contributed by atoms with E-state index < -0.39 is 5.60 Å². The highest BCUT2D eigenvalue weighted by atomic mass is 16.6. The summed E-state index contributed by atoms with van der Waals surface area (Å²) in [6.45, 7) is 12.2. The Hall–Kier alpha value is -1.34. The summed E-state index contributed by atoms with van der Waals surface area (Å²) in [4.78, 5) is 32.2. The van der Waals surface area contributed by atoms with Crippen molar-refractivity contribution in [2.45, 2.75) is 103 Å². The number of hydrogen-bond acceptors (Lipinski definition) is 5. The second-order valence-corrected chi connectivity index (χ2v) is 12.1. The van der Waals surface area contributed by atoms with Crippen LogP contribution in [0.1, 0.15) is 85.0 Å². The van der Waals surface area contributed by atoms with Crippen LogP contribution in [-0.2, 0) is 9.53 Å². The number of rotatable bonds is 4. The summed E-state index contributed by atoms with van der Waals surface area (Å²) < 4.78 is 5.37. The van der Waals surface area contributed by atoms with E-state index in [2.05, 4.69) is 20.0 Å². The van der Waals surface area contributed by atoms with E-state index in [1.807, 2.05) is 20.8 Å². The summed E-state index contributed by atoms with van der Waals surface area (Å²) in [6.07, 6.45) is 12.1. The zero-order valence-corrected chi connectivity index (χ0v) is 21.2. The van der Waals surface area contributed by atoms with Crippen LogP contribution in [0.5, 0.6) is 0 Å². The van der Waals surface area contributed by atoms with E-state index >= 15 is 0 Å². The van der Waals surface area contributed by atoms with Crippen molar-refractivity contribution in [2.75, 3.05) is 45.8 Å². The van der Waals surface area contributed by atoms with Gasteiger partial charge in [0, 0.05) is 38.3 Å². The van der Waals surface area contributed by atoms with Gasteiger partial charge in [0.1, 0.15) is 5.60 Å². The molecule has 1 saturated carbocycles. The van der Waals surface area contributed by atoms with Crippen LogP contribution in [0.2, 0.25) is 0 Å². The minimum Gasteiger partial charge on any atom is -0.444 e. The van der Waals surface area contributed by atoms with E-state index in [0.717, 1.165) is 45.1 Å². The predicted molar refractivity (Wildman–Crippen MR) is 130 cm³/mol. The number of nitrogens with zero attached hydrogens (tertiary/aromatic N) is 3. The van der Waals surface area contributed by atoms with E-state index in [1.165, 1.54) is 64.5 Å². The van der Waals surface area contributed by atoms with E-state index in [-0.39, 0.29) is 12.1 Å². The van der Waals surface area contributed by atoms with Crippen LogP contribution in [-0.4, -0.2) is 90.2 Å². The van der Waals surface area contributed by atoms with Gasteiger partial charge in [0.2, 0.25) is 5.91 Å². The molecule has 0 aromatic carbocycles. The third kappa shape index (κ3) is 6.84. The summed E-state index contributed by atoms with van der Waals surface area (Å²) >= 11 is 0. The van der Waals surface area contributed by atoms with Crippen molar-refractivity contribution >= 4 is 12.0 Å². The molecule has 0 bridgehead atoms. The lowest BCUT2D eigenvalue weighted by Crippen LogP contribution is -2.49. The number of piperidine rings is 2. The molecule has 0 unspecified atom stereocenters. The fourth-order valence-electron chi connectivity index (χ4n) is 6.37. The first-order chi connectivity index (χ1) is 15.7. The molecule has 3 saturated heterocycles. The average molecular weight is 463 g/mol. The van der Waals surface area contributed by atoms with Crippen molar-refractivity contribution in [3.63, 3.8) is 0 Å². The zero-order chi connectivity index (χ0) is 23.5. The lowest BCUT2D eigenvalue weighted by molar-refractivity contribution is -0.132. The van der Waals surface area contributed by atoms with E-state index in [1.54, 1.807) is 0 Å². The Labute approximate surface area is 200 Å². The molecule has 3 heterocycles. The predicted octanol–water partition coefficient (Wildman–Crippen LogP) is 3.62.